The molecule has 108 valence electrons. The van der Waals surface area contributed by atoms with E-state index in [2.05, 4.69) is 5.10 Å². The summed E-state index contributed by atoms with van der Waals surface area (Å²) in [6.07, 6.45) is 0.776. The van der Waals surface area contributed by atoms with E-state index >= 15 is 0 Å². The van der Waals surface area contributed by atoms with E-state index in [1.807, 2.05) is 6.07 Å². The van der Waals surface area contributed by atoms with Gasteiger partial charge in [0.15, 0.2) is 0 Å². The molecule has 0 radical (unpaired) electrons. The van der Waals surface area contributed by atoms with Gasteiger partial charge in [-0.1, -0.05) is 13.8 Å². The van der Waals surface area contributed by atoms with E-state index in [4.69, 9.17) is 5.26 Å². The van der Waals surface area contributed by atoms with Crippen LogP contribution in [0.15, 0.2) is 18.2 Å². The topological polar surface area (TPSA) is 84.8 Å². The lowest BCUT2D eigenvalue weighted by Gasteiger charge is -2.05. The number of aromatic nitrogens is 2. The molecule has 0 aliphatic rings. The summed E-state index contributed by atoms with van der Waals surface area (Å²) in [4.78, 5) is 10.8. The monoisotopic (exact) mass is 288 g/mol. The van der Waals surface area contributed by atoms with E-state index in [0.717, 1.165) is 6.07 Å². The van der Waals surface area contributed by atoms with Gasteiger partial charge in [0.2, 0.25) is 0 Å². The van der Waals surface area contributed by atoms with Gasteiger partial charge in [-0.25, -0.2) is 9.07 Å². The molecule has 0 N–H and O–H groups in total. The van der Waals surface area contributed by atoms with Crippen LogP contribution in [0.2, 0.25) is 0 Å². The Hall–Kier alpha value is -2.75. The molecule has 0 bridgehead atoms. The fourth-order valence-electron chi connectivity index (χ4n) is 2.24. The number of nitro groups is 1. The van der Waals surface area contributed by atoms with Gasteiger partial charge in [-0.05, 0) is 31.0 Å². The summed E-state index contributed by atoms with van der Waals surface area (Å²) in [5.41, 5.74) is 1.16. The highest BCUT2D eigenvalue weighted by molar-refractivity contribution is 5.49. The first-order valence-corrected chi connectivity index (χ1v) is 6.48. The van der Waals surface area contributed by atoms with E-state index in [-0.39, 0.29) is 11.3 Å². The van der Waals surface area contributed by atoms with Crippen LogP contribution < -0.4 is 0 Å². The molecule has 2 rings (SSSR count). The Labute approximate surface area is 120 Å². The van der Waals surface area contributed by atoms with Crippen LogP contribution in [-0.4, -0.2) is 14.7 Å². The van der Waals surface area contributed by atoms with Gasteiger partial charge >= 0.3 is 5.69 Å². The molecule has 0 saturated heterocycles. The number of halogens is 1. The minimum absolute atomic E-state index is 0.0391. The molecular weight excluding hydrogens is 275 g/mol. The van der Waals surface area contributed by atoms with Crippen LogP contribution >= 0.6 is 0 Å². The zero-order valence-electron chi connectivity index (χ0n) is 11.6. The predicted molar refractivity (Wildman–Crippen MR) is 73.6 cm³/mol. The molecule has 0 fully saturated rings. The third-order valence-corrected chi connectivity index (χ3v) is 3.13. The molecule has 0 aliphatic carbocycles. The normalized spacial score (nSPS) is 10.4. The first kappa shape index (κ1) is 14.7. The van der Waals surface area contributed by atoms with Gasteiger partial charge in [-0.2, -0.15) is 10.4 Å². The van der Waals surface area contributed by atoms with Crippen LogP contribution in [-0.2, 0) is 12.8 Å². The molecule has 0 saturated carbocycles. The van der Waals surface area contributed by atoms with Gasteiger partial charge in [-0.3, -0.25) is 10.1 Å². The molecule has 7 heteroatoms. The van der Waals surface area contributed by atoms with Crippen LogP contribution in [0.5, 0.6) is 0 Å². The number of nitriles is 1. The van der Waals surface area contributed by atoms with Gasteiger partial charge in [0, 0.05) is 0 Å². The van der Waals surface area contributed by atoms with Crippen LogP contribution in [0.25, 0.3) is 5.69 Å². The van der Waals surface area contributed by atoms with Crippen molar-refractivity contribution in [1.29, 1.82) is 5.26 Å². The molecule has 0 unspecified atom stereocenters. The van der Waals surface area contributed by atoms with Crippen molar-refractivity contribution in [2.24, 2.45) is 0 Å². The molecule has 0 spiro atoms. The molecule has 21 heavy (non-hydrogen) atoms. The van der Waals surface area contributed by atoms with Crippen LogP contribution in [0.3, 0.4) is 0 Å². The minimum Gasteiger partial charge on any atom is -0.258 e. The SMILES string of the molecule is CCc1nn(-c2cc(F)cc(C#N)c2)c(CC)c1[N+](=O)[O-]. The summed E-state index contributed by atoms with van der Waals surface area (Å²) in [5.74, 6) is -0.581. The lowest BCUT2D eigenvalue weighted by Crippen LogP contribution is -2.03. The van der Waals surface area contributed by atoms with Crippen LogP contribution in [0.4, 0.5) is 10.1 Å². The average Bonchev–Trinajstić information content (AvgIpc) is 2.85. The summed E-state index contributed by atoms with van der Waals surface area (Å²) in [6, 6.07) is 5.62. The van der Waals surface area contributed by atoms with E-state index < -0.39 is 10.7 Å². The standard InChI is InChI=1S/C14H13FN4O2/c1-3-12-14(19(20)21)13(4-2)18(17-12)11-6-9(8-16)5-10(15)7-11/h5-7H,3-4H2,1-2H3. The van der Waals surface area contributed by atoms with E-state index in [1.54, 1.807) is 13.8 Å². The molecule has 0 atom stereocenters. The van der Waals surface area contributed by atoms with Crippen LogP contribution in [0.1, 0.15) is 30.8 Å². The lowest BCUT2D eigenvalue weighted by molar-refractivity contribution is -0.386. The van der Waals surface area contributed by atoms with Gasteiger partial charge in [0.1, 0.15) is 17.2 Å². The maximum atomic E-state index is 13.6. The number of hydrogen-bond acceptors (Lipinski definition) is 4. The van der Waals surface area contributed by atoms with Crippen molar-refractivity contribution >= 4 is 5.69 Å². The van der Waals surface area contributed by atoms with Crippen molar-refractivity contribution in [1.82, 2.24) is 9.78 Å². The molecule has 6 nitrogen and oxygen atoms in total. The first-order valence-electron chi connectivity index (χ1n) is 6.48. The molecule has 1 aromatic heterocycles. The Bertz CT molecular complexity index is 746. The Morgan fingerprint density at radius 1 is 1.38 bits per heavy atom. The number of nitrogens with zero attached hydrogens (tertiary/aromatic N) is 4. The quantitative estimate of drug-likeness (QED) is 0.639. The Kier molecular flexibility index (Phi) is 3.98. The maximum absolute atomic E-state index is 13.6. The summed E-state index contributed by atoms with van der Waals surface area (Å²) >= 11 is 0. The highest BCUT2D eigenvalue weighted by atomic mass is 19.1. The van der Waals surface area contributed by atoms with E-state index in [9.17, 15) is 14.5 Å². The highest BCUT2D eigenvalue weighted by Crippen LogP contribution is 2.27. The first-order chi connectivity index (χ1) is 10.0. The van der Waals surface area contributed by atoms with Crippen LogP contribution in [0, 0.1) is 27.3 Å². The zero-order valence-corrected chi connectivity index (χ0v) is 11.6. The third kappa shape index (κ3) is 2.60. The van der Waals surface area contributed by atoms with Gasteiger partial charge in [-0.15, -0.1) is 0 Å². The second kappa shape index (κ2) is 5.71. The Balaban J connectivity index is 2.73. The van der Waals surface area contributed by atoms with Crippen molar-refractivity contribution < 1.29 is 9.31 Å². The molecule has 1 heterocycles. The Morgan fingerprint density at radius 2 is 2.10 bits per heavy atom. The molecule has 1 aromatic carbocycles. The van der Waals surface area contributed by atoms with Gasteiger partial charge in [0.05, 0.1) is 22.2 Å². The smallest absolute Gasteiger partial charge is 0.258 e. The summed E-state index contributed by atoms with van der Waals surface area (Å²) < 4.78 is 14.9. The number of aryl methyl sites for hydroxylation is 1. The lowest BCUT2D eigenvalue weighted by atomic mass is 10.2. The van der Waals surface area contributed by atoms with Crippen molar-refractivity contribution in [3.63, 3.8) is 0 Å². The van der Waals surface area contributed by atoms with Crippen molar-refractivity contribution in [3.8, 4) is 11.8 Å². The fourth-order valence-corrected chi connectivity index (χ4v) is 2.24. The largest absolute Gasteiger partial charge is 0.313 e. The summed E-state index contributed by atoms with van der Waals surface area (Å²) in [5, 5.41) is 24.3. The van der Waals surface area contributed by atoms with E-state index in [1.165, 1.54) is 16.8 Å². The van der Waals surface area contributed by atoms with Crippen molar-refractivity contribution in [3.05, 3.63) is 51.1 Å². The van der Waals surface area contributed by atoms with Crippen molar-refractivity contribution in [2.45, 2.75) is 26.7 Å². The van der Waals surface area contributed by atoms with Gasteiger partial charge < -0.3 is 0 Å². The molecule has 2 aromatic rings. The molecule has 0 amide bonds. The van der Waals surface area contributed by atoms with Crippen molar-refractivity contribution in [2.75, 3.05) is 0 Å². The predicted octanol–water partition coefficient (Wildman–Crippen LogP) is 2.92. The molecule has 0 aliphatic heterocycles. The molecular formula is C14H13FN4O2. The summed E-state index contributed by atoms with van der Waals surface area (Å²) in [6.45, 7) is 3.54. The zero-order chi connectivity index (χ0) is 15.6. The summed E-state index contributed by atoms with van der Waals surface area (Å²) in [7, 11) is 0. The Morgan fingerprint density at radius 3 is 2.62 bits per heavy atom. The third-order valence-electron chi connectivity index (χ3n) is 3.13. The second-order valence-corrected chi connectivity index (χ2v) is 4.43. The van der Waals surface area contributed by atoms with Gasteiger partial charge in [0.25, 0.3) is 0 Å². The highest BCUT2D eigenvalue weighted by Gasteiger charge is 2.26. The minimum atomic E-state index is -0.581. The maximum Gasteiger partial charge on any atom is 0.313 e. The number of hydrogen-bond donors (Lipinski definition) is 0. The fraction of sp³-hybridized carbons (Fsp3) is 0.286. The van der Waals surface area contributed by atoms with E-state index in [0.29, 0.717) is 29.9 Å². The second-order valence-electron chi connectivity index (χ2n) is 4.43. The average molecular weight is 288 g/mol. The number of benzene rings is 1. The number of rotatable bonds is 4.